The highest BCUT2D eigenvalue weighted by molar-refractivity contribution is 5.86. The predicted molar refractivity (Wildman–Crippen MR) is 73.0 cm³/mol. The Morgan fingerprint density at radius 2 is 1.79 bits per heavy atom. The molecule has 19 heavy (non-hydrogen) atoms. The van der Waals surface area contributed by atoms with Gasteiger partial charge in [-0.15, -0.1) is 0 Å². The molecule has 0 unspecified atom stereocenters. The molecule has 0 spiro atoms. The van der Waals surface area contributed by atoms with Crippen molar-refractivity contribution in [2.45, 2.75) is 45.4 Å². The van der Waals surface area contributed by atoms with E-state index in [0.717, 1.165) is 31.2 Å². The van der Waals surface area contributed by atoms with Crippen LogP contribution in [0.3, 0.4) is 0 Å². The van der Waals surface area contributed by atoms with Crippen molar-refractivity contribution in [2.75, 3.05) is 0 Å². The number of Topliss-reactive ketones (excluding diaryl/α,β-unsaturated/α-hetero) is 1. The number of nitro groups is 1. The molecule has 0 radical (unpaired) electrons. The number of hydrogen-bond acceptors (Lipinski definition) is 3. The number of nitrogens with zero attached hydrogens (tertiary/aromatic N) is 1. The summed E-state index contributed by atoms with van der Waals surface area (Å²) in [6, 6.07) is 6.29. The van der Waals surface area contributed by atoms with Crippen LogP contribution in [0.2, 0.25) is 0 Å². The van der Waals surface area contributed by atoms with Gasteiger partial charge in [-0.1, -0.05) is 38.3 Å². The normalized spacial score (nSPS) is 17.9. The Kier molecular flexibility index (Phi) is 3.98. The summed E-state index contributed by atoms with van der Waals surface area (Å²) in [5, 5.41) is 10.6. The lowest BCUT2D eigenvalue weighted by molar-refractivity contribution is -0.384. The van der Waals surface area contributed by atoms with Crippen molar-refractivity contribution in [1.82, 2.24) is 0 Å². The third kappa shape index (κ3) is 3.19. The third-order valence-corrected chi connectivity index (χ3v) is 4.14. The maximum Gasteiger partial charge on any atom is 0.269 e. The van der Waals surface area contributed by atoms with Crippen LogP contribution >= 0.6 is 0 Å². The maximum atomic E-state index is 12.4. The van der Waals surface area contributed by atoms with Gasteiger partial charge in [0.25, 0.3) is 5.69 Å². The van der Waals surface area contributed by atoms with Crippen LogP contribution in [0.5, 0.6) is 0 Å². The molecule has 0 bridgehead atoms. The van der Waals surface area contributed by atoms with Crippen molar-refractivity contribution in [2.24, 2.45) is 5.41 Å². The van der Waals surface area contributed by atoms with Crippen molar-refractivity contribution in [3.05, 3.63) is 39.9 Å². The van der Waals surface area contributed by atoms with Crippen LogP contribution in [0, 0.1) is 15.5 Å². The van der Waals surface area contributed by atoms with E-state index in [1.807, 2.05) is 0 Å². The second-order valence-corrected chi connectivity index (χ2v) is 5.64. The van der Waals surface area contributed by atoms with Crippen molar-refractivity contribution in [3.8, 4) is 0 Å². The average molecular weight is 261 g/mol. The Morgan fingerprint density at radius 1 is 1.21 bits per heavy atom. The molecule has 0 atom stereocenters. The zero-order valence-electron chi connectivity index (χ0n) is 11.2. The largest absolute Gasteiger partial charge is 0.299 e. The number of nitro benzene ring substituents is 1. The minimum Gasteiger partial charge on any atom is -0.299 e. The van der Waals surface area contributed by atoms with E-state index < -0.39 is 4.92 Å². The van der Waals surface area contributed by atoms with E-state index >= 15 is 0 Å². The lowest BCUT2D eigenvalue weighted by Crippen LogP contribution is -2.31. The molecule has 4 heteroatoms. The van der Waals surface area contributed by atoms with Crippen molar-refractivity contribution < 1.29 is 9.72 Å². The molecule has 0 aliphatic heterocycles. The molecule has 1 aromatic rings. The maximum absolute atomic E-state index is 12.4. The van der Waals surface area contributed by atoms with Crippen molar-refractivity contribution >= 4 is 11.5 Å². The zero-order valence-corrected chi connectivity index (χ0v) is 11.2. The Balaban J connectivity index is 2.04. The molecule has 1 aliphatic carbocycles. The van der Waals surface area contributed by atoms with Crippen LogP contribution in [0.4, 0.5) is 5.69 Å². The first kappa shape index (κ1) is 13.7. The van der Waals surface area contributed by atoms with Gasteiger partial charge in [-0.05, 0) is 18.4 Å². The van der Waals surface area contributed by atoms with Crippen LogP contribution in [0.15, 0.2) is 24.3 Å². The molecule has 0 N–H and O–H groups in total. The van der Waals surface area contributed by atoms with Gasteiger partial charge < -0.3 is 0 Å². The number of hydrogen-bond donors (Lipinski definition) is 0. The fraction of sp³-hybridized carbons (Fsp3) is 0.533. The first-order valence-corrected chi connectivity index (χ1v) is 6.78. The van der Waals surface area contributed by atoms with Crippen LogP contribution in [0.1, 0.15) is 44.6 Å². The summed E-state index contributed by atoms with van der Waals surface area (Å²) in [6.45, 7) is 2.06. The number of carbonyl (C=O) groups is 1. The van der Waals surface area contributed by atoms with Crippen molar-refractivity contribution in [3.63, 3.8) is 0 Å². The first-order valence-electron chi connectivity index (χ1n) is 6.78. The Morgan fingerprint density at radius 3 is 2.32 bits per heavy atom. The van der Waals surface area contributed by atoms with E-state index in [1.165, 1.54) is 18.6 Å². The molecule has 0 aromatic heterocycles. The first-order chi connectivity index (χ1) is 9.01. The van der Waals surface area contributed by atoms with Crippen LogP contribution in [-0.2, 0) is 11.2 Å². The number of benzene rings is 1. The topological polar surface area (TPSA) is 60.2 Å². The molecular formula is C15H19NO3. The summed E-state index contributed by atoms with van der Waals surface area (Å²) in [5.41, 5.74) is 0.738. The van der Waals surface area contributed by atoms with Gasteiger partial charge >= 0.3 is 0 Å². The summed E-state index contributed by atoms with van der Waals surface area (Å²) in [7, 11) is 0. The summed E-state index contributed by atoms with van der Waals surface area (Å²) >= 11 is 0. The molecule has 4 nitrogen and oxygen atoms in total. The molecule has 1 aliphatic rings. The lowest BCUT2D eigenvalue weighted by atomic mass is 9.71. The highest BCUT2D eigenvalue weighted by Gasteiger charge is 2.33. The van der Waals surface area contributed by atoms with E-state index in [4.69, 9.17) is 0 Å². The van der Waals surface area contributed by atoms with E-state index in [1.54, 1.807) is 12.1 Å². The van der Waals surface area contributed by atoms with Gasteiger partial charge in [0.1, 0.15) is 5.78 Å². The SMILES string of the molecule is CC1(C(=O)Cc2ccc([N+](=O)[O-])cc2)CCCCC1. The Hall–Kier alpha value is -1.71. The molecule has 0 saturated heterocycles. The van der Waals surface area contributed by atoms with E-state index in [0.29, 0.717) is 6.42 Å². The minimum atomic E-state index is -0.423. The quantitative estimate of drug-likeness (QED) is 0.613. The highest BCUT2D eigenvalue weighted by Crippen LogP contribution is 2.37. The monoisotopic (exact) mass is 261 g/mol. The van der Waals surface area contributed by atoms with Crippen LogP contribution in [-0.4, -0.2) is 10.7 Å². The van der Waals surface area contributed by atoms with E-state index in [2.05, 4.69) is 6.92 Å². The van der Waals surface area contributed by atoms with Gasteiger partial charge in [-0.3, -0.25) is 14.9 Å². The summed E-state index contributed by atoms with van der Waals surface area (Å²) in [4.78, 5) is 22.5. The Bertz CT molecular complexity index is 473. The zero-order chi connectivity index (χ0) is 13.9. The molecule has 1 aromatic carbocycles. The van der Waals surface area contributed by atoms with Gasteiger partial charge in [-0.25, -0.2) is 0 Å². The molecular weight excluding hydrogens is 242 g/mol. The molecule has 1 fully saturated rings. The van der Waals surface area contributed by atoms with Crippen molar-refractivity contribution in [1.29, 1.82) is 0 Å². The standard InChI is InChI=1S/C15H19NO3/c1-15(9-3-2-4-10-15)14(17)11-12-5-7-13(8-6-12)16(18)19/h5-8H,2-4,9-11H2,1H3. The van der Waals surface area contributed by atoms with E-state index in [-0.39, 0.29) is 16.9 Å². The molecule has 102 valence electrons. The van der Waals surface area contributed by atoms with Gasteiger partial charge in [0.15, 0.2) is 0 Å². The molecule has 0 amide bonds. The van der Waals surface area contributed by atoms with Gasteiger partial charge in [-0.2, -0.15) is 0 Å². The number of carbonyl (C=O) groups excluding carboxylic acids is 1. The number of ketones is 1. The fourth-order valence-corrected chi connectivity index (χ4v) is 2.75. The predicted octanol–water partition coefficient (Wildman–Crippen LogP) is 3.68. The highest BCUT2D eigenvalue weighted by atomic mass is 16.6. The smallest absolute Gasteiger partial charge is 0.269 e. The van der Waals surface area contributed by atoms with E-state index in [9.17, 15) is 14.9 Å². The third-order valence-electron chi connectivity index (χ3n) is 4.14. The Labute approximate surface area is 113 Å². The summed E-state index contributed by atoms with van der Waals surface area (Å²) in [6.07, 6.45) is 5.80. The van der Waals surface area contributed by atoms with Gasteiger partial charge in [0.05, 0.1) is 4.92 Å². The van der Waals surface area contributed by atoms with Crippen LogP contribution < -0.4 is 0 Å². The lowest BCUT2D eigenvalue weighted by Gasteiger charge is -2.32. The van der Waals surface area contributed by atoms with Crippen LogP contribution in [0.25, 0.3) is 0 Å². The second kappa shape index (κ2) is 5.51. The van der Waals surface area contributed by atoms with Gasteiger partial charge in [0.2, 0.25) is 0 Å². The number of rotatable bonds is 4. The minimum absolute atomic E-state index is 0.0695. The number of non-ortho nitro benzene ring substituents is 1. The van der Waals surface area contributed by atoms with Gasteiger partial charge in [0, 0.05) is 24.0 Å². The molecule has 2 rings (SSSR count). The summed E-state index contributed by atoms with van der Waals surface area (Å²) < 4.78 is 0. The molecule has 0 heterocycles. The fourth-order valence-electron chi connectivity index (χ4n) is 2.75. The molecule has 1 saturated carbocycles. The average Bonchev–Trinajstić information content (AvgIpc) is 2.40. The second-order valence-electron chi connectivity index (χ2n) is 5.64. The summed E-state index contributed by atoms with van der Waals surface area (Å²) in [5.74, 6) is 0.265.